The van der Waals surface area contributed by atoms with Gasteiger partial charge in [0.25, 0.3) is 0 Å². The van der Waals surface area contributed by atoms with E-state index in [1.807, 2.05) is 30.5 Å². The molecular weight excluding hydrogens is 240 g/mol. The average Bonchev–Trinajstić information content (AvgIpc) is 3.11. The Morgan fingerprint density at radius 1 is 1.47 bits per heavy atom. The van der Waals surface area contributed by atoms with Gasteiger partial charge in [-0.25, -0.2) is 4.98 Å². The standard InChI is InChI=1S/C15H18N2O2/c1-18-13-6-2-4-11(8-13)15-17-10-14(19-15)9-12-5-3-7-16-12/h2,4,6,8,10,12,16H,3,5,7,9H2,1H3. The van der Waals surface area contributed by atoms with Crippen molar-refractivity contribution in [2.24, 2.45) is 0 Å². The zero-order valence-corrected chi connectivity index (χ0v) is 11.1. The highest BCUT2D eigenvalue weighted by Crippen LogP contribution is 2.24. The molecule has 0 spiro atoms. The quantitative estimate of drug-likeness (QED) is 0.915. The highest BCUT2D eigenvalue weighted by molar-refractivity contribution is 5.55. The first-order valence-electron chi connectivity index (χ1n) is 6.67. The van der Waals surface area contributed by atoms with Gasteiger partial charge in [-0.1, -0.05) is 6.07 Å². The van der Waals surface area contributed by atoms with Gasteiger partial charge in [-0.05, 0) is 37.6 Å². The molecule has 1 fully saturated rings. The average molecular weight is 258 g/mol. The molecule has 1 saturated heterocycles. The van der Waals surface area contributed by atoms with Crippen LogP contribution < -0.4 is 10.1 Å². The third-order valence-corrected chi connectivity index (χ3v) is 3.48. The summed E-state index contributed by atoms with van der Waals surface area (Å²) in [6.45, 7) is 1.11. The van der Waals surface area contributed by atoms with Gasteiger partial charge >= 0.3 is 0 Å². The van der Waals surface area contributed by atoms with Crippen LogP contribution in [0.15, 0.2) is 34.9 Å². The Balaban J connectivity index is 1.76. The summed E-state index contributed by atoms with van der Waals surface area (Å²) in [5.41, 5.74) is 0.949. The Bertz CT molecular complexity index is 545. The summed E-state index contributed by atoms with van der Waals surface area (Å²) >= 11 is 0. The van der Waals surface area contributed by atoms with Crippen molar-refractivity contribution in [3.63, 3.8) is 0 Å². The molecule has 1 aromatic carbocycles. The zero-order chi connectivity index (χ0) is 13.1. The van der Waals surface area contributed by atoms with E-state index in [4.69, 9.17) is 9.15 Å². The fourth-order valence-corrected chi connectivity index (χ4v) is 2.47. The topological polar surface area (TPSA) is 47.3 Å². The molecule has 2 aromatic rings. The van der Waals surface area contributed by atoms with Crippen molar-refractivity contribution in [1.82, 2.24) is 10.3 Å². The van der Waals surface area contributed by atoms with Gasteiger partial charge in [0.2, 0.25) is 5.89 Å². The minimum atomic E-state index is 0.533. The largest absolute Gasteiger partial charge is 0.497 e. The number of methoxy groups -OCH3 is 1. The Kier molecular flexibility index (Phi) is 3.51. The van der Waals surface area contributed by atoms with Crippen molar-refractivity contribution >= 4 is 0 Å². The van der Waals surface area contributed by atoms with Crippen molar-refractivity contribution in [3.8, 4) is 17.2 Å². The van der Waals surface area contributed by atoms with Crippen LogP contribution in [0.5, 0.6) is 5.75 Å². The molecule has 4 heteroatoms. The molecule has 0 radical (unpaired) electrons. The first kappa shape index (κ1) is 12.2. The maximum absolute atomic E-state index is 5.82. The monoisotopic (exact) mass is 258 g/mol. The van der Waals surface area contributed by atoms with E-state index in [2.05, 4.69) is 10.3 Å². The summed E-state index contributed by atoms with van der Waals surface area (Å²) < 4.78 is 11.0. The van der Waals surface area contributed by atoms with Crippen LogP contribution >= 0.6 is 0 Å². The summed E-state index contributed by atoms with van der Waals surface area (Å²) in [5.74, 6) is 2.42. The molecular formula is C15H18N2O2. The van der Waals surface area contributed by atoms with Crippen molar-refractivity contribution in [3.05, 3.63) is 36.2 Å². The minimum absolute atomic E-state index is 0.533. The number of benzene rings is 1. The lowest BCUT2D eigenvalue weighted by atomic mass is 10.1. The van der Waals surface area contributed by atoms with E-state index >= 15 is 0 Å². The van der Waals surface area contributed by atoms with Crippen molar-refractivity contribution in [1.29, 1.82) is 0 Å². The first-order valence-corrected chi connectivity index (χ1v) is 6.67. The van der Waals surface area contributed by atoms with E-state index in [0.29, 0.717) is 11.9 Å². The van der Waals surface area contributed by atoms with Crippen molar-refractivity contribution in [2.45, 2.75) is 25.3 Å². The van der Waals surface area contributed by atoms with E-state index in [1.54, 1.807) is 7.11 Å². The Hall–Kier alpha value is -1.81. The Labute approximate surface area is 112 Å². The molecule has 100 valence electrons. The van der Waals surface area contributed by atoms with Gasteiger partial charge < -0.3 is 14.5 Å². The molecule has 3 rings (SSSR count). The normalized spacial score (nSPS) is 18.7. The van der Waals surface area contributed by atoms with Crippen molar-refractivity contribution in [2.75, 3.05) is 13.7 Å². The molecule has 0 aliphatic carbocycles. The molecule has 0 bridgehead atoms. The molecule has 0 amide bonds. The number of hydrogen-bond donors (Lipinski definition) is 1. The summed E-state index contributed by atoms with van der Waals surface area (Å²) in [6.07, 6.45) is 5.21. The van der Waals surface area contributed by atoms with Crippen LogP contribution in [0.4, 0.5) is 0 Å². The summed E-state index contributed by atoms with van der Waals surface area (Å²) in [6, 6.07) is 8.30. The number of nitrogens with zero attached hydrogens (tertiary/aromatic N) is 1. The maximum Gasteiger partial charge on any atom is 0.226 e. The lowest BCUT2D eigenvalue weighted by Gasteiger charge is -2.06. The van der Waals surface area contributed by atoms with Gasteiger partial charge in [0.1, 0.15) is 11.5 Å². The van der Waals surface area contributed by atoms with Crippen LogP contribution in [0.25, 0.3) is 11.5 Å². The third-order valence-electron chi connectivity index (χ3n) is 3.48. The summed E-state index contributed by atoms with van der Waals surface area (Å²) in [7, 11) is 1.66. The minimum Gasteiger partial charge on any atom is -0.497 e. The second kappa shape index (κ2) is 5.45. The number of oxazole rings is 1. The summed E-state index contributed by atoms with van der Waals surface area (Å²) in [5, 5.41) is 3.46. The predicted molar refractivity (Wildman–Crippen MR) is 73.2 cm³/mol. The van der Waals surface area contributed by atoms with Crippen LogP contribution in [0.3, 0.4) is 0 Å². The Morgan fingerprint density at radius 3 is 3.21 bits per heavy atom. The van der Waals surface area contributed by atoms with E-state index in [9.17, 15) is 0 Å². The lowest BCUT2D eigenvalue weighted by Crippen LogP contribution is -2.23. The lowest BCUT2D eigenvalue weighted by molar-refractivity contribution is 0.414. The van der Waals surface area contributed by atoms with Gasteiger partial charge in [-0.15, -0.1) is 0 Å². The first-order chi connectivity index (χ1) is 9.35. The second-order valence-corrected chi connectivity index (χ2v) is 4.86. The second-order valence-electron chi connectivity index (χ2n) is 4.86. The van der Waals surface area contributed by atoms with Crippen LogP contribution in [0, 0.1) is 0 Å². The van der Waals surface area contributed by atoms with E-state index in [-0.39, 0.29) is 0 Å². The fraction of sp³-hybridized carbons (Fsp3) is 0.400. The van der Waals surface area contributed by atoms with E-state index < -0.39 is 0 Å². The van der Waals surface area contributed by atoms with Gasteiger partial charge in [0.05, 0.1) is 13.3 Å². The fourth-order valence-electron chi connectivity index (χ4n) is 2.47. The molecule has 1 aromatic heterocycles. The number of aromatic nitrogens is 1. The smallest absolute Gasteiger partial charge is 0.226 e. The molecule has 19 heavy (non-hydrogen) atoms. The predicted octanol–water partition coefficient (Wildman–Crippen LogP) is 2.64. The van der Waals surface area contributed by atoms with Crippen LogP contribution in [-0.2, 0) is 6.42 Å². The molecule has 4 nitrogen and oxygen atoms in total. The van der Waals surface area contributed by atoms with Gasteiger partial charge in [-0.3, -0.25) is 0 Å². The Morgan fingerprint density at radius 2 is 2.42 bits per heavy atom. The number of ether oxygens (including phenoxy) is 1. The number of nitrogens with one attached hydrogen (secondary N) is 1. The molecule has 1 N–H and O–H groups in total. The highest BCUT2D eigenvalue weighted by Gasteiger charge is 2.17. The molecule has 1 aliphatic rings. The zero-order valence-electron chi connectivity index (χ0n) is 11.1. The third kappa shape index (κ3) is 2.79. The highest BCUT2D eigenvalue weighted by atomic mass is 16.5. The number of rotatable bonds is 4. The summed E-state index contributed by atoms with van der Waals surface area (Å²) in [4.78, 5) is 4.35. The molecule has 0 saturated carbocycles. The number of hydrogen-bond acceptors (Lipinski definition) is 4. The van der Waals surface area contributed by atoms with Gasteiger partial charge in [-0.2, -0.15) is 0 Å². The van der Waals surface area contributed by atoms with E-state index in [0.717, 1.165) is 30.0 Å². The van der Waals surface area contributed by atoms with Crippen LogP contribution in [0.1, 0.15) is 18.6 Å². The van der Waals surface area contributed by atoms with Gasteiger partial charge in [0.15, 0.2) is 0 Å². The molecule has 1 unspecified atom stereocenters. The molecule has 2 heterocycles. The van der Waals surface area contributed by atoms with Gasteiger partial charge in [0, 0.05) is 18.0 Å². The molecule has 1 atom stereocenters. The van der Waals surface area contributed by atoms with Crippen LogP contribution in [0.2, 0.25) is 0 Å². The SMILES string of the molecule is COc1cccc(-c2ncc(CC3CCCN3)o2)c1. The van der Waals surface area contributed by atoms with E-state index in [1.165, 1.54) is 12.8 Å². The van der Waals surface area contributed by atoms with Crippen molar-refractivity contribution < 1.29 is 9.15 Å². The maximum atomic E-state index is 5.82. The molecule has 1 aliphatic heterocycles. The van der Waals surface area contributed by atoms with Crippen LogP contribution in [-0.4, -0.2) is 24.7 Å².